The fourth-order valence-corrected chi connectivity index (χ4v) is 8.28. The van der Waals surface area contributed by atoms with Gasteiger partial charge in [-0.15, -0.1) is 0 Å². The Morgan fingerprint density at radius 3 is 2.33 bits per heavy atom. The number of primary amides is 1. The number of carbonyl (C=O) groups is 2. The van der Waals surface area contributed by atoms with Gasteiger partial charge in [-0.2, -0.15) is 0 Å². The number of nitrogens with two attached hydrogens (primary N) is 1. The third-order valence-electron chi connectivity index (χ3n) is 9.73. The van der Waals surface area contributed by atoms with Crippen LogP contribution in [-0.4, -0.2) is 40.3 Å². The van der Waals surface area contributed by atoms with Crippen LogP contribution in [0.4, 0.5) is 4.79 Å². The van der Waals surface area contributed by atoms with Crippen molar-refractivity contribution in [1.29, 1.82) is 0 Å². The van der Waals surface area contributed by atoms with Crippen molar-refractivity contribution in [3.05, 3.63) is 71.9 Å². The molecule has 3 aromatic rings. The van der Waals surface area contributed by atoms with E-state index in [2.05, 4.69) is 10.3 Å². The van der Waals surface area contributed by atoms with Crippen molar-refractivity contribution in [1.82, 2.24) is 10.3 Å². The molecule has 39 heavy (non-hydrogen) atoms. The Morgan fingerprint density at radius 1 is 1.00 bits per heavy atom. The van der Waals surface area contributed by atoms with Gasteiger partial charge in [0.2, 0.25) is 0 Å². The molecule has 5 N–H and O–H groups in total. The van der Waals surface area contributed by atoms with E-state index in [1.54, 1.807) is 0 Å². The van der Waals surface area contributed by atoms with Crippen LogP contribution in [0.2, 0.25) is 0 Å². The minimum Gasteiger partial charge on any atom is -0.433 e. The zero-order chi connectivity index (χ0) is 27.0. The van der Waals surface area contributed by atoms with E-state index in [-0.39, 0.29) is 18.9 Å². The van der Waals surface area contributed by atoms with E-state index in [0.29, 0.717) is 30.6 Å². The summed E-state index contributed by atoms with van der Waals surface area (Å²) in [6.45, 7) is -0.224. The molecule has 4 aliphatic carbocycles. The highest BCUT2D eigenvalue weighted by Gasteiger charge is 2.53. The molecular weight excluding hydrogens is 490 g/mol. The molecule has 4 fully saturated rings. The molecule has 206 valence electrons. The quantitative estimate of drug-likeness (QED) is 0.304. The maximum Gasteiger partial charge on any atom is 0.405 e. The number of benzene rings is 2. The van der Waals surface area contributed by atoms with Crippen LogP contribution < -0.4 is 11.1 Å². The molecule has 1 heterocycles. The summed E-state index contributed by atoms with van der Waals surface area (Å²) in [7, 11) is 0. The first-order valence-electron chi connectivity index (χ1n) is 14.4. The van der Waals surface area contributed by atoms with Gasteiger partial charge in [-0.25, -0.2) is 4.79 Å². The molecule has 4 saturated carbocycles. The van der Waals surface area contributed by atoms with Crippen molar-refractivity contribution in [3.63, 3.8) is 0 Å². The first-order chi connectivity index (χ1) is 18.9. The molecule has 7 heteroatoms. The summed E-state index contributed by atoms with van der Waals surface area (Å²) in [4.78, 5) is 30.1. The Balaban J connectivity index is 1.34. The molecule has 4 aliphatic rings. The molecule has 0 aliphatic heterocycles. The van der Waals surface area contributed by atoms with Gasteiger partial charge in [-0.05, 0) is 85.3 Å². The highest BCUT2D eigenvalue weighted by atomic mass is 16.6. The van der Waals surface area contributed by atoms with Crippen molar-refractivity contribution in [2.24, 2.45) is 35.3 Å². The second-order valence-corrected chi connectivity index (χ2v) is 12.3. The van der Waals surface area contributed by atoms with Gasteiger partial charge in [0.05, 0.1) is 12.6 Å². The van der Waals surface area contributed by atoms with Crippen molar-refractivity contribution >= 4 is 22.9 Å². The monoisotopic (exact) mass is 529 g/mol. The lowest BCUT2D eigenvalue weighted by Crippen LogP contribution is -2.58. The summed E-state index contributed by atoms with van der Waals surface area (Å²) in [5.74, 6) is 2.60. The number of aromatic nitrogens is 1. The standard InChI is InChI=1S/C32H39N3O4/c33-31(38)39-32(16-25-18-34-29-9-5-4-8-27(25)29,17-28-23-11-21-10-22(13-23)14-24(28)12-21)30(37)35-26(19-36)15-20-6-2-1-3-7-20/h1-9,18,21-24,26,28,34,36H,10-17,19H2,(H2,33,38)(H,35,37). The second kappa shape index (κ2) is 10.7. The summed E-state index contributed by atoms with van der Waals surface area (Å²) < 4.78 is 5.95. The highest BCUT2D eigenvalue weighted by molar-refractivity contribution is 5.90. The first-order valence-corrected chi connectivity index (χ1v) is 14.4. The van der Waals surface area contributed by atoms with Gasteiger partial charge < -0.3 is 25.9 Å². The Bertz CT molecular complexity index is 1290. The number of para-hydroxylation sites is 1. The summed E-state index contributed by atoms with van der Waals surface area (Å²) in [6.07, 6.45) is 8.24. The van der Waals surface area contributed by atoms with Crippen LogP contribution in [-0.2, 0) is 22.4 Å². The van der Waals surface area contributed by atoms with Crippen molar-refractivity contribution in [2.45, 2.75) is 63.0 Å². The number of aliphatic hydroxyl groups is 1. The number of carbonyl (C=O) groups excluding carboxylic acids is 2. The van der Waals surface area contributed by atoms with Gasteiger partial charge >= 0.3 is 6.09 Å². The number of nitrogens with one attached hydrogen (secondary N) is 2. The summed E-state index contributed by atoms with van der Waals surface area (Å²) in [5, 5.41) is 14.3. The third kappa shape index (κ3) is 5.29. The number of hydrogen-bond donors (Lipinski definition) is 4. The average molecular weight is 530 g/mol. The lowest BCUT2D eigenvalue weighted by Gasteiger charge is -2.55. The van der Waals surface area contributed by atoms with E-state index in [4.69, 9.17) is 10.5 Å². The van der Waals surface area contributed by atoms with Crippen LogP contribution >= 0.6 is 0 Å². The molecule has 4 bridgehead atoms. The zero-order valence-electron chi connectivity index (χ0n) is 22.4. The number of aromatic amines is 1. The Hall–Kier alpha value is -3.32. The molecule has 2 aromatic carbocycles. The van der Waals surface area contributed by atoms with Gasteiger partial charge in [0.1, 0.15) is 0 Å². The van der Waals surface area contributed by atoms with Crippen LogP contribution in [0.25, 0.3) is 10.9 Å². The number of rotatable bonds is 10. The van der Waals surface area contributed by atoms with Crippen LogP contribution in [0.3, 0.4) is 0 Å². The van der Waals surface area contributed by atoms with E-state index in [9.17, 15) is 14.7 Å². The first kappa shape index (κ1) is 25.9. The third-order valence-corrected chi connectivity index (χ3v) is 9.73. The minimum absolute atomic E-state index is 0.220. The summed E-state index contributed by atoms with van der Waals surface area (Å²) in [5.41, 5.74) is 7.11. The lowest BCUT2D eigenvalue weighted by molar-refractivity contribution is -0.147. The molecule has 2 atom stereocenters. The predicted octanol–water partition coefficient (Wildman–Crippen LogP) is 4.73. The molecule has 0 saturated heterocycles. The van der Waals surface area contributed by atoms with Crippen LogP contribution in [0.1, 0.15) is 49.7 Å². The van der Waals surface area contributed by atoms with Gasteiger partial charge in [-0.3, -0.25) is 4.79 Å². The number of H-pyrrole nitrogens is 1. The second-order valence-electron chi connectivity index (χ2n) is 12.3. The maximum atomic E-state index is 14.3. The number of hydrogen-bond acceptors (Lipinski definition) is 4. The normalized spacial score (nSPS) is 27.7. The van der Waals surface area contributed by atoms with E-state index in [1.165, 1.54) is 32.1 Å². The smallest absolute Gasteiger partial charge is 0.405 e. The van der Waals surface area contributed by atoms with E-state index in [1.807, 2.05) is 60.8 Å². The molecule has 7 nitrogen and oxygen atoms in total. The van der Waals surface area contributed by atoms with Crippen LogP contribution in [0, 0.1) is 29.6 Å². The molecule has 2 unspecified atom stereocenters. The molecular formula is C32H39N3O4. The van der Waals surface area contributed by atoms with E-state index < -0.39 is 17.7 Å². The van der Waals surface area contributed by atoms with Crippen LogP contribution in [0.5, 0.6) is 0 Å². The molecule has 1 aromatic heterocycles. The SMILES string of the molecule is NC(=O)OC(Cc1c[nH]c2ccccc12)(CC1C2CC3CC(C2)CC1C3)C(=O)NC(CO)Cc1ccccc1. The number of amides is 2. The van der Waals surface area contributed by atoms with Gasteiger partial charge in [0.25, 0.3) is 5.91 Å². The average Bonchev–Trinajstić information content (AvgIpc) is 3.32. The predicted molar refractivity (Wildman–Crippen MR) is 150 cm³/mol. The minimum atomic E-state index is -1.47. The Morgan fingerprint density at radius 2 is 1.67 bits per heavy atom. The van der Waals surface area contributed by atoms with E-state index >= 15 is 0 Å². The van der Waals surface area contributed by atoms with Crippen molar-refractivity contribution in [2.75, 3.05) is 6.61 Å². The number of ether oxygens (including phenoxy) is 1. The van der Waals surface area contributed by atoms with Crippen molar-refractivity contribution in [3.8, 4) is 0 Å². The topological polar surface area (TPSA) is 117 Å². The molecule has 7 rings (SSSR count). The summed E-state index contributed by atoms with van der Waals surface area (Å²) >= 11 is 0. The Kier molecular flexibility index (Phi) is 7.10. The molecule has 0 spiro atoms. The molecule has 0 radical (unpaired) electrons. The fraction of sp³-hybridized carbons (Fsp3) is 0.500. The largest absolute Gasteiger partial charge is 0.433 e. The highest BCUT2D eigenvalue weighted by Crippen LogP contribution is 2.58. The van der Waals surface area contributed by atoms with Crippen molar-refractivity contribution < 1.29 is 19.4 Å². The number of fused-ring (bicyclic) bond motifs is 1. The molecule has 2 amide bonds. The Labute approximate surface area is 229 Å². The lowest BCUT2D eigenvalue weighted by atomic mass is 9.50. The fourth-order valence-electron chi connectivity index (χ4n) is 8.28. The summed E-state index contributed by atoms with van der Waals surface area (Å²) in [6, 6.07) is 17.2. The van der Waals surface area contributed by atoms with Gasteiger partial charge in [0, 0.05) is 29.9 Å². The number of aliphatic hydroxyl groups excluding tert-OH is 1. The van der Waals surface area contributed by atoms with Gasteiger partial charge in [0.15, 0.2) is 5.60 Å². The van der Waals surface area contributed by atoms with E-state index in [0.717, 1.165) is 33.9 Å². The maximum absolute atomic E-state index is 14.3. The zero-order valence-corrected chi connectivity index (χ0v) is 22.4. The van der Waals surface area contributed by atoms with Gasteiger partial charge in [-0.1, -0.05) is 48.5 Å². The van der Waals surface area contributed by atoms with Crippen LogP contribution in [0.15, 0.2) is 60.8 Å².